The Morgan fingerprint density at radius 2 is 1.90 bits per heavy atom. The molecule has 0 amide bonds. The maximum absolute atomic E-state index is 10.5. The minimum atomic E-state index is -0.818. The van der Waals surface area contributed by atoms with Crippen LogP contribution in [0, 0.1) is 0 Å². The van der Waals surface area contributed by atoms with Gasteiger partial charge in [0.15, 0.2) is 5.82 Å². The van der Waals surface area contributed by atoms with Gasteiger partial charge in [-0.15, -0.1) is 0 Å². The molecule has 1 aliphatic heterocycles. The van der Waals surface area contributed by atoms with E-state index in [0.717, 1.165) is 60.3 Å². The molecule has 6 rings (SSSR count). The average molecular weight is 540 g/mol. The highest BCUT2D eigenvalue weighted by atomic mass is 16.3. The minimum absolute atomic E-state index is 0.325. The number of rotatable bonds is 9. The number of benzene rings is 1. The SMILES string of the molecule is CCCN(CC)c1cccc(Nc2cc(-c3nc(N4CCC(O)[C@H](O)C4)c4c(C5CC5)cncc4n3)ccn2)c1. The number of nitrogens with one attached hydrogen (secondary N) is 1. The summed E-state index contributed by atoms with van der Waals surface area (Å²) in [5, 5.41) is 25.1. The third-order valence-corrected chi connectivity index (χ3v) is 7.86. The van der Waals surface area contributed by atoms with Crippen LogP contribution in [-0.4, -0.2) is 68.5 Å². The van der Waals surface area contributed by atoms with E-state index >= 15 is 0 Å². The van der Waals surface area contributed by atoms with Crippen molar-refractivity contribution in [2.24, 2.45) is 0 Å². The topological polar surface area (TPSA) is 111 Å². The second kappa shape index (κ2) is 11.3. The molecule has 0 radical (unpaired) electrons. The van der Waals surface area contributed by atoms with Crippen molar-refractivity contribution in [2.75, 3.05) is 41.3 Å². The molecule has 9 nitrogen and oxygen atoms in total. The second-order valence-electron chi connectivity index (χ2n) is 10.8. The standard InChI is InChI=1S/C31H37N7O2/c1-3-13-37(4-2)23-7-5-6-22(16-23)34-28-15-21(10-12-33-28)30-35-25-18-32-17-24(20-8-9-20)29(25)31(36-30)38-14-11-26(39)27(40)19-38/h5-7,10,12,15-18,20,26-27,39-40H,3-4,8-9,11,13-14,19H2,1-2H3,(H,33,34)/t26?,27-/m1/s1. The summed E-state index contributed by atoms with van der Waals surface area (Å²) < 4.78 is 0. The molecule has 4 aromatic rings. The lowest BCUT2D eigenvalue weighted by atomic mass is 10.0. The minimum Gasteiger partial charge on any atom is -0.390 e. The molecule has 1 aliphatic carbocycles. The van der Waals surface area contributed by atoms with Crippen LogP contribution < -0.4 is 15.1 Å². The molecule has 2 atom stereocenters. The molecule has 1 saturated carbocycles. The molecule has 9 heteroatoms. The molecule has 40 heavy (non-hydrogen) atoms. The van der Waals surface area contributed by atoms with Crippen molar-refractivity contribution < 1.29 is 10.2 Å². The summed E-state index contributed by atoms with van der Waals surface area (Å²) in [6.45, 7) is 7.28. The van der Waals surface area contributed by atoms with Crippen LogP contribution in [0.4, 0.5) is 23.0 Å². The Morgan fingerprint density at radius 1 is 1.02 bits per heavy atom. The van der Waals surface area contributed by atoms with Crippen LogP contribution in [0.1, 0.15) is 51.0 Å². The number of aromatic nitrogens is 4. The zero-order valence-corrected chi connectivity index (χ0v) is 23.2. The second-order valence-corrected chi connectivity index (χ2v) is 10.8. The summed E-state index contributed by atoms with van der Waals surface area (Å²) >= 11 is 0. The maximum atomic E-state index is 10.5. The first-order valence-corrected chi connectivity index (χ1v) is 14.4. The fraction of sp³-hybridized carbons (Fsp3) is 0.419. The van der Waals surface area contributed by atoms with Gasteiger partial charge in [-0.05, 0) is 74.4 Å². The van der Waals surface area contributed by atoms with Gasteiger partial charge in [-0.3, -0.25) is 4.98 Å². The monoisotopic (exact) mass is 539 g/mol. The van der Waals surface area contributed by atoms with Crippen LogP contribution in [0.15, 0.2) is 55.0 Å². The van der Waals surface area contributed by atoms with Gasteiger partial charge in [0.05, 0.1) is 23.9 Å². The number of aliphatic hydroxyl groups is 2. The summed E-state index contributed by atoms with van der Waals surface area (Å²) in [5.74, 6) is 2.56. The number of nitrogens with zero attached hydrogens (tertiary/aromatic N) is 6. The Labute approximate surface area is 234 Å². The van der Waals surface area contributed by atoms with Gasteiger partial charge in [-0.25, -0.2) is 15.0 Å². The average Bonchev–Trinajstić information content (AvgIpc) is 3.82. The third kappa shape index (κ3) is 5.44. The Kier molecular flexibility index (Phi) is 7.49. The smallest absolute Gasteiger partial charge is 0.162 e. The molecule has 2 fully saturated rings. The molecule has 3 aromatic heterocycles. The van der Waals surface area contributed by atoms with E-state index in [4.69, 9.17) is 9.97 Å². The molecule has 3 N–H and O–H groups in total. The van der Waals surface area contributed by atoms with Gasteiger partial charge in [0, 0.05) is 60.9 Å². The number of piperidine rings is 1. The van der Waals surface area contributed by atoms with E-state index < -0.39 is 12.2 Å². The van der Waals surface area contributed by atoms with E-state index in [2.05, 4.69) is 57.1 Å². The number of hydrogen-bond acceptors (Lipinski definition) is 9. The molecule has 1 aromatic carbocycles. The number of pyridine rings is 2. The first-order valence-electron chi connectivity index (χ1n) is 14.4. The van der Waals surface area contributed by atoms with Crippen LogP contribution in [0.5, 0.6) is 0 Å². The van der Waals surface area contributed by atoms with Gasteiger partial charge in [0.1, 0.15) is 11.6 Å². The predicted octanol–water partition coefficient (Wildman–Crippen LogP) is 4.88. The lowest BCUT2D eigenvalue weighted by Crippen LogP contribution is -2.47. The van der Waals surface area contributed by atoms with Crippen molar-refractivity contribution in [3.8, 4) is 11.4 Å². The first-order chi connectivity index (χ1) is 19.5. The Morgan fingerprint density at radius 3 is 2.67 bits per heavy atom. The normalized spacial score (nSPS) is 19.1. The summed E-state index contributed by atoms with van der Waals surface area (Å²) in [4.78, 5) is 23.5. The molecule has 0 bridgehead atoms. The van der Waals surface area contributed by atoms with Crippen molar-refractivity contribution in [1.29, 1.82) is 0 Å². The number of aliphatic hydroxyl groups excluding tert-OH is 2. The predicted molar refractivity (Wildman–Crippen MR) is 159 cm³/mol. The van der Waals surface area contributed by atoms with Crippen molar-refractivity contribution in [3.63, 3.8) is 0 Å². The van der Waals surface area contributed by atoms with Gasteiger partial charge in [0.2, 0.25) is 0 Å². The largest absolute Gasteiger partial charge is 0.390 e. The summed E-state index contributed by atoms with van der Waals surface area (Å²) in [6, 6.07) is 12.3. The maximum Gasteiger partial charge on any atom is 0.162 e. The molecular formula is C31H37N7O2. The van der Waals surface area contributed by atoms with E-state index in [0.29, 0.717) is 37.1 Å². The molecule has 208 valence electrons. The highest BCUT2D eigenvalue weighted by Gasteiger charge is 2.32. The number of hydrogen-bond donors (Lipinski definition) is 3. The van der Waals surface area contributed by atoms with E-state index in [1.165, 1.54) is 11.3 Å². The third-order valence-electron chi connectivity index (χ3n) is 7.86. The summed E-state index contributed by atoms with van der Waals surface area (Å²) in [6.07, 6.45) is 7.83. The lowest BCUT2D eigenvalue weighted by Gasteiger charge is -2.35. The molecular weight excluding hydrogens is 502 g/mol. The number of fused-ring (bicyclic) bond motifs is 1. The molecule has 4 heterocycles. The van der Waals surface area contributed by atoms with Crippen molar-refractivity contribution in [2.45, 2.75) is 57.7 Å². The van der Waals surface area contributed by atoms with E-state index in [1.807, 2.05) is 24.4 Å². The van der Waals surface area contributed by atoms with Gasteiger partial charge >= 0.3 is 0 Å². The Balaban J connectivity index is 1.36. The first kappa shape index (κ1) is 26.4. The fourth-order valence-corrected chi connectivity index (χ4v) is 5.57. The summed E-state index contributed by atoms with van der Waals surface area (Å²) in [7, 11) is 0. The van der Waals surface area contributed by atoms with Gasteiger partial charge < -0.3 is 25.3 Å². The van der Waals surface area contributed by atoms with Crippen molar-refractivity contribution >= 4 is 33.9 Å². The zero-order chi connectivity index (χ0) is 27.6. The lowest BCUT2D eigenvalue weighted by molar-refractivity contribution is 0.00792. The molecule has 0 spiro atoms. The van der Waals surface area contributed by atoms with Crippen LogP contribution >= 0.6 is 0 Å². The fourth-order valence-electron chi connectivity index (χ4n) is 5.57. The van der Waals surface area contributed by atoms with Crippen molar-refractivity contribution in [3.05, 3.63) is 60.6 Å². The zero-order valence-electron chi connectivity index (χ0n) is 23.2. The van der Waals surface area contributed by atoms with Gasteiger partial charge in [-0.1, -0.05) is 13.0 Å². The Bertz CT molecular complexity index is 1490. The van der Waals surface area contributed by atoms with Crippen molar-refractivity contribution in [1.82, 2.24) is 19.9 Å². The van der Waals surface area contributed by atoms with Gasteiger partial charge in [0.25, 0.3) is 0 Å². The molecule has 1 unspecified atom stereocenters. The van der Waals surface area contributed by atoms with Gasteiger partial charge in [-0.2, -0.15) is 0 Å². The highest BCUT2D eigenvalue weighted by molar-refractivity contribution is 5.94. The summed E-state index contributed by atoms with van der Waals surface area (Å²) in [5.41, 5.74) is 4.95. The quantitative estimate of drug-likeness (QED) is 0.274. The van der Waals surface area contributed by atoms with E-state index in [1.54, 1.807) is 12.4 Å². The Hall–Kier alpha value is -3.82. The van der Waals surface area contributed by atoms with Crippen LogP contribution in [-0.2, 0) is 0 Å². The molecule has 1 saturated heterocycles. The van der Waals surface area contributed by atoms with Crippen LogP contribution in [0.2, 0.25) is 0 Å². The van der Waals surface area contributed by atoms with Crippen LogP contribution in [0.25, 0.3) is 22.3 Å². The highest BCUT2D eigenvalue weighted by Crippen LogP contribution is 2.45. The molecule has 2 aliphatic rings. The van der Waals surface area contributed by atoms with E-state index in [9.17, 15) is 10.2 Å². The van der Waals surface area contributed by atoms with E-state index in [-0.39, 0.29) is 0 Å². The van der Waals surface area contributed by atoms with Crippen LogP contribution in [0.3, 0.4) is 0 Å². The number of β-amino-alcohol motifs (C(OH)–C–C–N with tert-alkyl or cyclic N) is 1. The number of anilines is 4.